The lowest BCUT2D eigenvalue weighted by Gasteiger charge is -2.35. The minimum atomic E-state index is -5.17. The summed E-state index contributed by atoms with van der Waals surface area (Å²) in [6, 6.07) is 0. The smallest absolute Gasteiger partial charge is 0.0784 e. The highest BCUT2D eigenvalue weighted by atomic mass is 32.3. The van der Waals surface area contributed by atoms with E-state index in [-0.39, 0.29) is 0 Å². The Morgan fingerprint density at radius 1 is 0.217 bits per heavy atom. The first-order valence-corrected chi connectivity index (χ1v) is 33.0. The molecule has 0 fully saturated rings. The van der Waals surface area contributed by atoms with Gasteiger partial charge in [0.05, 0.1) is 53.4 Å². The molecule has 0 saturated heterocycles. The van der Waals surface area contributed by atoms with E-state index in [2.05, 4.69) is 55.6 Å². The van der Waals surface area contributed by atoms with Crippen molar-refractivity contribution in [1.29, 1.82) is 0 Å². The van der Waals surface area contributed by atoms with Crippen LogP contribution in [-0.4, -0.2) is 79.9 Å². The van der Waals surface area contributed by atoms with Crippen LogP contribution >= 0.6 is 0 Å². The van der Waals surface area contributed by atoms with Gasteiger partial charge in [-0.25, -0.2) is 0 Å². The zero-order chi connectivity index (χ0) is 51.7. The number of unbranched alkanes of at least 4 members (excludes halogenated alkanes) is 42. The van der Waals surface area contributed by atoms with Gasteiger partial charge in [0.25, 0.3) is 0 Å². The highest BCUT2D eigenvalue weighted by Crippen LogP contribution is 2.20. The lowest BCUT2D eigenvalue weighted by molar-refractivity contribution is -0.910. The van der Waals surface area contributed by atoms with Gasteiger partial charge in [-0.1, -0.05) is 273 Å². The Bertz CT molecular complexity index is 865. The predicted octanol–water partition coefficient (Wildman–Crippen LogP) is 20.4. The maximum Gasteiger partial charge on any atom is 0.0784 e. The lowest BCUT2D eigenvalue weighted by Crippen LogP contribution is -2.46. The number of quaternary nitrogens is 2. The van der Waals surface area contributed by atoms with Gasteiger partial charge in [0.15, 0.2) is 0 Å². The molecule has 0 rings (SSSR count). The molecule has 0 unspecified atom stereocenters. The maximum atomic E-state index is 8.52. The van der Waals surface area contributed by atoms with Gasteiger partial charge in [0.2, 0.25) is 0 Å². The average molecular weight is 1000 g/mol. The molecule has 0 aromatic carbocycles. The first-order valence-electron chi connectivity index (χ1n) is 31.7. The van der Waals surface area contributed by atoms with Crippen molar-refractivity contribution in [3.63, 3.8) is 0 Å². The Morgan fingerprint density at radius 3 is 0.406 bits per heavy atom. The summed E-state index contributed by atoms with van der Waals surface area (Å²) in [7, 11) is 0.00743. The topological polar surface area (TPSA) is 80.3 Å². The standard InChI is InChI=1S/2C31H66N.H2O4S/c2*1-5-8-11-14-17-20-23-26-29-32(4,30-27-24-21-18-15-12-9-6-2)31-28-25-22-19-16-13-10-7-3;1-5(2,3)4/h2*5-31H2,1-4H3;(H2,1,2,3,4)/q2*+1;/p-2. The second-order valence-corrected chi connectivity index (χ2v) is 23.7. The molecule has 0 aliphatic rings. The molecule has 0 radical (unpaired) electrons. The fourth-order valence-corrected chi connectivity index (χ4v) is 10.4. The third-order valence-electron chi connectivity index (χ3n) is 15.3. The SMILES string of the molecule is CCCCCCCCCC[N+](C)(CCCCCCCCCC)CCCCCCCCCC.CCCCCCCCCC[N+](C)(CCCCCCCCCC)CCCCCCCCCC.O=S(=O)([O-])[O-]. The molecule has 0 spiro atoms. The van der Waals surface area contributed by atoms with Gasteiger partial charge >= 0.3 is 0 Å². The Morgan fingerprint density at radius 2 is 0.304 bits per heavy atom. The second-order valence-electron chi connectivity index (χ2n) is 22.8. The number of rotatable bonds is 54. The van der Waals surface area contributed by atoms with Crippen LogP contribution in [0.4, 0.5) is 0 Å². The van der Waals surface area contributed by atoms with Crippen molar-refractivity contribution < 1.29 is 26.5 Å². The summed E-state index contributed by atoms with van der Waals surface area (Å²) in [5, 5.41) is 0. The predicted molar refractivity (Wildman–Crippen MR) is 308 cm³/mol. The minimum absolute atomic E-state index is 1.36. The van der Waals surface area contributed by atoms with Crippen LogP contribution in [0.1, 0.15) is 350 Å². The van der Waals surface area contributed by atoms with Crippen LogP contribution in [0.15, 0.2) is 0 Å². The molecule has 0 aromatic heterocycles. The number of nitrogens with zero attached hydrogens (tertiary/aromatic N) is 2. The Balaban J connectivity index is -0.00000115. The van der Waals surface area contributed by atoms with Gasteiger partial charge in [-0.15, -0.1) is 0 Å². The van der Waals surface area contributed by atoms with Crippen molar-refractivity contribution in [3.05, 3.63) is 0 Å². The highest BCUT2D eigenvalue weighted by molar-refractivity contribution is 7.79. The highest BCUT2D eigenvalue weighted by Gasteiger charge is 2.21. The summed E-state index contributed by atoms with van der Waals surface area (Å²) >= 11 is 0. The van der Waals surface area contributed by atoms with Gasteiger partial charge in [-0.3, -0.25) is 8.42 Å². The fraction of sp³-hybridized carbons (Fsp3) is 1.00. The number of hydrogen-bond donors (Lipinski definition) is 0. The van der Waals surface area contributed by atoms with E-state index in [1.165, 1.54) is 356 Å². The molecule has 69 heavy (non-hydrogen) atoms. The molecular weight excluding hydrogens is 869 g/mol. The first kappa shape index (κ1) is 73.0. The van der Waals surface area contributed by atoms with Gasteiger partial charge in [0.1, 0.15) is 0 Å². The Hall–Kier alpha value is -0.210. The molecule has 0 heterocycles. The van der Waals surface area contributed by atoms with Crippen LogP contribution in [0.2, 0.25) is 0 Å². The summed E-state index contributed by atoms with van der Waals surface area (Å²) < 4.78 is 36.8. The van der Waals surface area contributed by atoms with Crippen molar-refractivity contribution >= 4 is 10.4 Å². The zero-order valence-electron chi connectivity index (χ0n) is 49.1. The molecule has 6 nitrogen and oxygen atoms in total. The van der Waals surface area contributed by atoms with Crippen molar-refractivity contribution in [2.45, 2.75) is 350 Å². The van der Waals surface area contributed by atoms with Crippen molar-refractivity contribution in [2.75, 3.05) is 53.4 Å². The van der Waals surface area contributed by atoms with Crippen LogP contribution in [-0.2, 0) is 10.4 Å². The third kappa shape index (κ3) is 67.8. The third-order valence-corrected chi connectivity index (χ3v) is 15.3. The lowest BCUT2D eigenvalue weighted by atomic mass is 10.1. The van der Waals surface area contributed by atoms with E-state index in [1.807, 2.05) is 0 Å². The molecule has 0 saturated carbocycles. The molecule has 0 atom stereocenters. The van der Waals surface area contributed by atoms with Gasteiger partial charge in [0, 0.05) is 10.4 Å². The summed E-state index contributed by atoms with van der Waals surface area (Å²) in [5.41, 5.74) is 0. The molecule has 0 bridgehead atoms. The van der Waals surface area contributed by atoms with Gasteiger partial charge in [-0.2, -0.15) is 0 Å². The van der Waals surface area contributed by atoms with E-state index in [9.17, 15) is 0 Å². The van der Waals surface area contributed by atoms with Crippen molar-refractivity contribution in [1.82, 2.24) is 0 Å². The quantitative estimate of drug-likeness (QED) is 0.0263. The van der Waals surface area contributed by atoms with E-state index in [0.717, 1.165) is 0 Å². The van der Waals surface area contributed by atoms with E-state index in [4.69, 9.17) is 17.5 Å². The molecule has 0 aliphatic carbocycles. The molecule has 0 aromatic rings. The zero-order valence-corrected chi connectivity index (χ0v) is 49.9. The monoisotopic (exact) mass is 1000 g/mol. The summed E-state index contributed by atoms with van der Waals surface area (Å²) in [6.45, 7) is 22.5. The van der Waals surface area contributed by atoms with Crippen LogP contribution in [0.25, 0.3) is 0 Å². The van der Waals surface area contributed by atoms with Crippen molar-refractivity contribution in [2.24, 2.45) is 0 Å². The fourth-order valence-electron chi connectivity index (χ4n) is 10.4. The normalized spacial score (nSPS) is 12.0. The summed E-state index contributed by atoms with van der Waals surface area (Å²) in [6.07, 6.45) is 69.6. The van der Waals surface area contributed by atoms with E-state index in [0.29, 0.717) is 0 Å². The van der Waals surface area contributed by atoms with Gasteiger partial charge in [-0.05, 0) is 77.0 Å². The molecule has 420 valence electrons. The van der Waals surface area contributed by atoms with Crippen LogP contribution < -0.4 is 0 Å². The summed E-state index contributed by atoms with van der Waals surface area (Å²) in [5.74, 6) is 0. The largest absolute Gasteiger partial charge is 0.759 e. The van der Waals surface area contributed by atoms with Gasteiger partial charge < -0.3 is 18.1 Å². The average Bonchev–Trinajstić information content (AvgIpc) is 3.31. The van der Waals surface area contributed by atoms with Crippen LogP contribution in [0.3, 0.4) is 0 Å². The van der Waals surface area contributed by atoms with Crippen molar-refractivity contribution in [3.8, 4) is 0 Å². The number of hydrogen-bond acceptors (Lipinski definition) is 4. The maximum absolute atomic E-state index is 8.52. The molecular formula is C62H132N2O4S. The Kier molecular flexibility index (Phi) is 62.1. The first-order chi connectivity index (χ1) is 33.4. The molecule has 0 aliphatic heterocycles. The van der Waals surface area contributed by atoms with Crippen LogP contribution in [0, 0.1) is 0 Å². The molecule has 0 amide bonds. The molecule has 0 N–H and O–H groups in total. The Labute approximate surface area is 438 Å². The second kappa shape index (κ2) is 58.7. The minimum Gasteiger partial charge on any atom is -0.759 e. The van der Waals surface area contributed by atoms with E-state index in [1.54, 1.807) is 0 Å². The van der Waals surface area contributed by atoms with E-state index >= 15 is 0 Å². The van der Waals surface area contributed by atoms with E-state index < -0.39 is 10.4 Å². The van der Waals surface area contributed by atoms with Crippen LogP contribution in [0.5, 0.6) is 0 Å². The molecule has 7 heteroatoms. The summed E-state index contributed by atoms with van der Waals surface area (Å²) in [4.78, 5) is 0.